The lowest BCUT2D eigenvalue weighted by Crippen LogP contribution is -2.45. The first kappa shape index (κ1) is 20.3. The molecule has 1 aromatic heterocycles. The number of carbonyl (C=O) groups is 1. The summed E-state index contributed by atoms with van der Waals surface area (Å²) < 4.78 is 0. The van der Waals surface area contributed by atoms with Gasteiger partial charge in [-0.25, -0.2) is 0 Å². The molecule has 0 unspecified atom stereocenters. The third-order valence-electron chi connectivity index (χ3n) is 5.24. The molecule has 1 aliphatic rings. The predicted octanol–water partition coefficient (Wildman–Crippen LogP) is 4.00. The first-order valence-electron chi connectivity index (χ1n) is 9.64. The van der Waals surface area contributed by atoms with Gasteiger partial charge in [-0.2, -0.15) is 0 Å². The molecule has 0 spiro atoms. The van der Waals surface area contributed by atoms with Crippen LogP contribution in [0, 0.1) is 0 Å². The summed E-state index contributed by atoms with van der Waals surface area (Å²) in [6, 6.07) is 12.3. The Kier molecular flexibility index (Phi) is 7.30. The van der Waals surface area contributed by atoms with E-state index in [0.29, 0.717) is 12.6 Å². The molecule has 3 rings (SSSR count). The van der Waals surface area contributed by atoms with Gasteiger partial charge < -0.3 is 10.2 Å². The number of likely N-dealkylation sites (N-methyl/N-ethyl adjacent to an activating group) is 1. The number of likely N-dealkylation sites (tertiary alicyclic amines) is 1. The normalized spacial score (nSPS) is 20.1. The Morgan fingerprint density at radius 1 is 1.26 bits per heavy atom. The number of rotatable bonds is 8. The number of thiophene rings is 1. The molecule has 1 amide bonds. The molecule has 0 bridgehead atoms. The van der Waals surface area contributed by atoms with E-state index in [0.717, 1.165) is 43.2 Å². The Balaban J connectivity index is 1.72. The summed E-state index contributed by atoms with van der Waals surface area (Å²) in [4.78, 5) is 18.6. The van der Waals surface area contributed by atoms with Gasteiger partial charge in [0.2, 0.25) is 5.91 Å². The first-order valence-corrected chi connectivity index (χ1v) is 10.9. The van der Waals surface area contributed by atoms with E-state index in [1.54, 1.807) is 11.3 Å². The SMILES string of the molecule is CCN(CC)C(=O)[C@@H]1C[C@@H](NCc2cccs2)CN1Cc1ccccc1Cl. The average Bonchev–Trinajstić information content (AvgIpc) is 3.32. The van der Waals surface area contributed by atoms with Crippen LogP contribution in [-0.4, -0.2) is 47.4 Å². The molecule has 2 aromatic rings. The number of benzene rings is 1. The van der Waals surface area contributed by atoms with E-state index in [1.165, 1.54) is 4.88 Å². The molecule has 27 heavy (non-hydrogen) atoms. The fourth-order valence-corrected chi connectivity index (χ4v) is 4.58. The van der Waals surface area contributed by atoms with Crippen molar-refractivity contribution in [2.45, 2.75) is 45.4 Å². The molecule has 6 heteroatoms. The zero-order valence-corrected chi connectivity index (χ0v) is 17.6. The topological polar surface area (TPSA) is 35.6 Å². The summed E-state index contributed by atoms with van der Waals surface area (Å²) >= 11 is 8.14. The number of nitrogens with zero attached hydrogens (tertiary/aromatic N) is 2. The molecule has 146 valence electrons. The lowest BCUT2D eigenvalue weighted by molar-refractivity contribution is -0.135. The lowest BCUT2D eigenvalue weighted by Gasteiger charge is -2.29. The number of hydrogen-bond donors (Lipinski definition) is 1. The van der Waals surface area contributed by atoms with Crippen molar-refractivity contribution >= 4 is 28.8 Å². The minimum Gasteiger partial charge on any atom is -0.342 e. The highest BCUT2D eigenvalue weighted by molar-refractivity contribution is 7.09. The zero-order chi connectivity index (χ0) is 19.2. The van der Waals surface area contributed by atoms with Crippen molar-refractivity contribution < 1.29 is 4.79 Å². The second-order valence-electron chi connectivity index (χ2n) is 6.94. The fraction of sp³-hybridized carbons (Fsp3) is 0.476. The van der Waals surface area contributed by atoms with Crippen molar-refractivity contribution in [2.75, 3.05) is 19.6 Å². The van der Waals surface area contributed by atoms with Crippen molar-refractivity contribution in [2.24, 2.45) is 0 Å². The molecule has 0 saturated carbocycles. The summed E-state index contributed by atoms with van der Waals surface area (Å²) in [6.07, 6.45) is 0.838. The molecule has 1 N–H and O–H groups in total. The van der Waals surface area contributed by atoms with Crippen molar-refractivity contribution in [3.05, 3.63) is 57.2 Å². The van der Waals surface area contributed by atoms with Crippen LogP contribution >= 0.6 is 22.9 Å². The molecule has 1 aliphatic heterocycles. The van der Waals surface area contributed by atoms with Gasteiger partial charge in [0, 0.05) is 48.7 Å². The number of nitrogens with one attached hydrogen (secondary N) is 1. The standard InChI is InChI=1S/C21H28ClN3OS/c1-3-24(4-2)21(26)20-12-17(23-13-18-9-7-11-27-18)15-25(20)14-16-8-5-6-10-19(16)22/h5-11,17,20,23H,3-4,12-15H2,1-2H3/t17-,20+/m1/s1. The van der Waals surface area contributed by atoms with E-state index in [-0.39, 0.29) is 11.9 Å². The van der Waals surface area contributed by atoms with Gasteiger partial charge in [0.1, 0.15) is 0 Å². The van der Waals surface area contributed by atoms with Crippen molar-refractivity contribution in [1.29, 1.82) is 0 Å². The van der Waals surface area contributed by atoms with Crippen LogP contribution in [0.15, 0.2) is 41.8 Å². The summed E-state index contributed by atoms with van der Waals surface area (Å²) in [5, 5.41) is 6.50. The van der Waals surface area contributed by atoms with Crippen LogP contribution < -0.4 is 5.32 Å². The third-order valence-corrected chi connectivity index (χ3v) is 6.49. The van der Waals surface area contributed by atoms with Crippen LogP contribution in [-0.2, 0) is 17.9 Å². The number of amides is 1. The van der Waals surface area contributed by atoms with Crippen LogP contribution in [0.4, 0.5) is 0 Å². The molecule has 1 fully saturated rings. The average molecular weight is 406 g/mol. The van der Waals surface area contributed by atoms with E-state index in [2.05, 4.69) is 27.7 Å². The summed E-state index contributed by atoms with van der Waals surface area (Å²) in [6.45, 7) is 8.00. The Bertz CT molecular complexity index is 733. The van der Waals surface area contributed by atoms with Crippen molar-refractivity contribution in [1.82, 2.24) is 15.1 Å². The second-order valence-corrected chi connectivity index (χ2v) is 8.38. The van der Waals surface area contributed by atoms with E-state index in [1.807, 2.05) is 43.0 Å². The molecule has 4 nitrogen and oxygen atoms in total. The number of carbonyl (C=O) groups excluding carboxylic acids is 1. The highest BCUT2D eigenvalue weighted by Gasteiger charge is 2.38. The Labute approximate surface area is 171 Å². The Hall–Kier alpha value is -1.40. The van der Waals surface area contributed by atoms with Gasteiger partial charge in [0.05, 0.1) is 6.04 Å². The van der Waals surface area contributed by atoms with Gasteiger partial charge in [-0.1, -0.05) is 35.9 Å². The Morgan fingerprint density at radius 2 is 2.04 bits per heavy atom. The number of hydrogen-bond acceptors (Lipinski definition) is 4. The largest absolute Gasteiger partial charge is 0.342 e. The van der Waals surface area contributed by atoms with Crippen LogP contribution in [0.3, 0.4) is 0 Å². The molecule has 2 heterocycles. The quantitative estimate of drug-likeness (QED) is 0.720. The minimum absolute atomic E-state index is 0.0954. The monoisotopic (exact) mass is 405 g/mol. The van der Waals surface area contributed by atoms with Gasteiger partial charge in [-0.3, -0.25) is 9.69 Å². The molecule has 0 radical (unpaired) electrons. The third kappa shape index (κ3) is 5.11. The van der Waals surface area contributed by atoms with Gasteiger partial charge in [0.25, 0.3) is 0 Å². The maximum atomic E-state index is 13.1. The van der Waals surface area contributed by atoms with E-state index in [4.69, 9.17) is 11.6 Å². The van der Waals surface area contributed by atoms with Gasteiger partial charge in [-0.05, 0) is 43.3 Å². The number of halogens is 1. The summed E-state index contributed by atoms with van der Waals surface area (Å²) in [5.74, 6) is 0.229. The van der Waals surface area contributed by atoms with Crippen LogP contribution in [0.2, 0.25) is 5.02 Å². The summed E-state index contributed by atoms with van der Waals surface area (Å²) in [7, 11) is 0. The lowest BCUT2D eigenvalue weighted by atomic mass is 10.1. The van der Waals surface area contributed by atoms with Crippen LogP contribution in [0.25, 0.3) is 0 Å². The first-order chi connectivity index (χ1) is 13.1. The molecule has 0 aliphatic carbocycles. The second kappa shape index (κ2) is 9.69. The molecule has 1 aromatic carbocycles. The fourth-order valence-electron chi connectivity index (χ4n) is 3.73. The molecular formula is C21H28ClN3OS. The van der Waals surface area contributed by atoms with Gasteiger partial charge in [-0.15, -0.1) is 11.3 Å². The van der Waals surface area contributed by atoms with Crippen molar-refractivity contribution in [3.8, 4) is 0 Å². The molecule has 1 saturated heterocycles. The highest BCUT2D eigenvalue weighted by atomic mass is 35.5. The van der Waals surface area contributed by atoms with E-state index >= 15 is 0 Å². The van der Waals surface area contributed by atoms with Crippen LogP contribution in [0.5, 0.6) is 0 Å². The minimum atomic E-state index is -0.0954. The van der Waals surface area contributed by atoms with Gasteiger partial charge >= 0.3 is 0 Å². The highest BCUT2D eigenvalue weighted by Crippen LogP contribution is 2.26. The Morgan fingerprint density at radius 3 is 2.70 bits per heavy atom. The molecular weight excluding hydrogens is 378 g/mol. The predicted molar refractivity (Wildman–Crippen MR) is 113 cm³/mol. The maximum absolute atomic E-state index is 13.1. The van der Waals surface area contributed by atoms with Gasteiger partial charge in [0.15, 0.2) is 0 Å². The summed E-state index contributed by atoms with van der Waals surface area (Å²) in [5.41, 5.74) is 1.08. The smallest absolute Gasteiger partial charge is 0.239 e. The molecule has 2 atom stereocenters. The maximum Gasteiger partial charge on any atom is 0.239 e. The van der Waals surface area contributed by atoms with Crippen LogP contribution in [0.1, 0.15) is 30.7 Å². The van der Waals surface area contributed by atoms with E-state index in [9.17, 15) is 4.79 Å². The zero-order valence-electron chi connectivity index (χ0n) is 16.0. The van der Waals surface area contributed by atoms with E-state index < -0.39 is 0 Å². The van der Waals surface area contributed by atoms with Crippen molar-refractivity contribution in [3.63, 3.8) is 0 Å².